The van der Waals surface area contributed by atoms with E-state index in [1.54, 1.807) is 11.8 Å². The second-order valence-electron chi connectivity index (χ2n) is 4.96. The van der Waals surface area contributed by atoms with Crippen molar-refractivity contribution in [3.8, 4) is 5.75 Å². The van der Waals surface area contributed by atoms with Gasteiger partial charge in [-0.25, -0.2) is 0 Å². The Labute approximate surface area is 125 Å². The van der Waals surface area contributed by atoms with E-state index in [0.29, 0.717) is 0 Å². The van der Waals surface area contributed by atoms with Crippen LogP contribution in [0.25, 0.3) is 0 Å². The Balaban J connectivity index is 2.21. The summed E-state index contributed by atoms with van der Waals surface area (Å²) in [5.41, 5.74) is 9.26. The highest BCUT2D eigenvalue weighted by Gasteiger charge is 2.05. The van der Waals surface area contributed by atoms with Gasteiger partial charge in [0.15, 0.2) is 0 Å². The van der Waals surface area contributed by atoms with Crippen LogP contribution in [0, 0.1) is 13.8 Å². The van der Waals surface area contributed by atoms with Crippen molar-refractivity contribution in [2.24, 2.45) is 0 Å². The first kappa shape index (κ1) is 14.8. The molecule has 2 aromatic rings. The van der Waals surface area contributed by atoms with Gasteiger partial charge in [-0.15, -0.1) is 0 Å². The lowest BCUT2D eigenvalue weighted by molar-refractivity contribution is 0.317. The van der Waals surface area contributed by atoms with Crippen LogP contribution in [-0.2, 0) is 0 Å². The monoisotopic (exact) mass is 287 g/mol. The zero-order valence-electron chi connectivity index (χ0n) is 12.3. The molecule has 0 fully saturated rings. The first-order valence-electron chi connectivity index (χ1n) is 6.87. The summed E-state index contributed by atoms with van der Waals surface area (Å²) in [6.07, 6.45) is 0.994. The van der Waals surface area contributed by atoms with E-state index >= 15 is 0 Å². The minimum atomic E-state index is 0.719. The van der Waals surface area contributed by atoms with Gasteiger partial charge in [-0.05, 0) is 44.0 Å². The van der Waals surface area contributed by atoms with Crippen molar-refractivity contribution < 1.29 is 4.74 Å². The van der Waals surface area contributed by atoms with Gasteiger partial charge >= 0.3 is 0 Å². The lowest BCUT2D eigenvalue weighted by Crippen LogP contribution is -1.96. The van der Waals surface area contributed by atoms with E-state index in [9.17, 15) is 0 Å². The molecule has 0 atom stereocenters. The average molecular weight is 287 g/mol. The number of nitrogens with two attached hydrogens (primary N) is 1. The molecule has 0 bridgehead atoms. The number of ether oxygens (including phenoxy) is 1. The van der Waals surface area contributed by atoms with Gasteiger partial charge in [0.05, 0.1) is 6.61 Å². The minimum Gasteiger partial charge on any atom is -0.493 e. The number of hydrogen-bond donors (Lipinski definition) is 1. The van der Waals surface area contributed by atoms with Crippen LogP contribution in [0.1, 0.15) is 24.5 Å². The number of rotatable bonds is 5. The van der Waals surface area contributed by atoms with Crippen LogP contribution in [0.5, 0.6) is 5.75 Å². The summed E-state index contributed by atoms with van der Waals surface area (Å²) in [7, 11) is 0. The average Bonchev–Trinajstić information content (AvgIpc) is 2.39. The molecule has 0 spiro atoms. The second-order valence-corrected chi connectivity index (χ2v) is 6.07. The van der Waals surface area contributed by atoms with E-state index in [1.807, 2.05) is 12.1 Å². The molecule has 20 heavy (non-hydrogen) atoms. The molecular weight excluding hydrogens is 266 g/mol. The van der Waals surface area contributed by atoms with E-state index in [1.165, 1.54) is 16.0 Å². The summed E-state index contributed by atoms with van der Waals surface area (Å²) in [5.74, 6) is 0.846. The van der Waals surface area contributed by atoms with Crippen LogP contribution in [0.15, 0.2) is 46.2 Å². The maximum absolute atomic E-state index is 5.95. The van der Waals surface area contributed by atoms with Crippen molar-refractivity contribution in [1.82, 2.24) is 0 Å². The summed E-state index contributed by atoms with van der Waals surface area (Å²) in [6, 6.07) is 12.4. The maximum Gasteiger partial charge on any atom is 0.122 e. The van der Waals surface area contributed by atoms with Crippen molar-refractivity contribution in [2.45, 2.75) is 37.0 Å². The van der Waals surface area contributed by atoms with Gasteiger partial charge in [0, 0.05) is 21.5 Å². The highest BCUT2D eigenvalue weighted by Crippen LogP contribution is 2.34. The summed E-state index contributed by atoms with van der Waals surface area (Å²) in [5, 5.41) is 0. The number of benzene rings is 2. The predicted octanol–water partition coefficient (Wildman–Crippen LogP) is 4.83. The zero-order chi connectivity index (χ0) is 14.5. The molecule has 0 aromatic heterocycles. The van der Waals surface area contributed by atoms with Crippen LogP contribution >= 0.6 is 11.8 Å². The molecule has 0 heterocycles. The Bertz CT molecular complexity index is 596. The van der Waals surface area contributed by atoms with E-state index < -0.39 is 0 Å². The van der Waals surface area contributed by atoms with E-state index in [0.717, 1.165) is 29.4 Å². The number of nitrogen functional groups attached to an aromatic ring is 1. The number of anilines is 1. The fourth-order valence-corrected chi connectivity index (χ4v) is 2.98. The van der Waals surface area contributed by atoms with Gasteiger partial charge in [0.2, 0.25) is 0 Å². The molecule has 0 amide bonds. The molecule has 0 radical (unpaired) electrons. The van der Waals surface area contributed by atoms with Crippen LogP contribution in [0.3, 0.4) is 0 Å². The van der Waals surface area contributed by atoms with Gasteiger partial charge in [0.1, 0.15) is 5.75 Å². The van der Waals surface area contributed by atoms with Gasteiger partial charge in [0.25, 0.3) is 0 Å². The Kier molecular flexibility index (Phi) is 4.96. The van der Waals surface area contributed by atoms with Gasteiger partial charge in [-0.3, -0.25) is 0 Å². The summed E-state index contributed by atoms with van der Waals surface area (Å²) in [6.45, 7) is 7.06. The Morgan fingerprint density at radius 2 is 1.90 bits per heavy atom. The molecule has 0 saturated carbocycles. The molecule has 2 N–H and O–H groups in total. The molecule has 0 aliphatic rings. The van der Waals surface area contributed by atoms with E-state index in [4.69, 9.17) is 10.5 Å². The molecule has 2 nitrogen and oxygen atoms in total. The molecular formula is C17H21NOS. The van der Waals surface area contributed by atoms with E-state index in [2.05, 4.69) is 45.0 Å². The van der Waals surface area contributed by atoms with Crippen molar-refractivity contribution in [3.05, 3.63) is 47.5 Å². The smallest absolute Gasteiger partial charge is 0.122 e. The third-order valence-corrected chi connectivity index (χ3v) is 4.08. The van der Waals surface area contributed by atoms with Crippen LogP contribution < -0.4 is 10.5 Å². The van der Waals surface area contributed by atoms with Gasteiger partial charge in [-0.2, -0.15) is 0 Å². The normalized spacial score (nSPS) is 10.6. The standard InChI is InChI=1S/C17H21NOS/c1-4-7-19-15-9-14(18)10-16(11-15)20-17-6-5-12(2)8-13(17)3/h5-6,8-11H,4,7,18H2,1-3H3. The number of aryl methyl sites for hydroxylation is 2. The lowest BCUT2D eigenvalue weighted by Gasteiger charge is -2.10. The van der Waals surface area contributed by atoms with Crippen molar-refractivity contribution in [1.29, 1.82) is 0 Å². The lowest BCUT2D eigenvalue weighted by atomic mass is 10.2. The molecule has 0 aliphatic carbocycles. The highest BCUT2D eigenvalue weighted by molar-refractivity contribution is 7.99. The first-order chi connectivity index (χ1) is 9.58. The molecule has 0 saturated heterocycles. The Morgan fingerprint density at radius 1 is 1.10 bits per heavy atom. The fourth-order valence-electron chi connectivity index (χ4n) is 2.00. The van der Waals surface area contributed by atoms with Crippen LogP contribution in [0.4, 0.5) is 5.69 Å². The second kappa shape index (κ2) is 6.71. The molecule has 3 heteroatoms. The first-order valence-corrected chi connectivity index (χ1v) is 7.68. The molecule has 2 rings (SSSR count). The van der Waals surface area contributed by atoms with Crippen molar-refractivity contribution in [2.75, 3.05) is 12.3 Å². The largest absolute Gasteiger partial charge is 0.493 e. The molecule has 0 aliphatic heterocycles. The van der Waals surface area contributed by atoms with E-state index in [-0.39, 0.29) is 0 Å². The van der Waals surface area contributed by atoms with Crippen LogP contribution in [0.2, 0.25) is 0 Å². The molecule has 2 aromatic carbocycles. The van der Waals surface area contributed by atoms with Gasteiger partial charge < -0.3 is 10.5 Å². The summed E-state index contributed by atoms with van der Waals surface area (Å²) < 4.78 is 5.67. The minimum absolute atomic E-state index is 0.719. The van der Waals surface area contributed by atoms with Crippen molar-refractivity contribution >= 4 is 17.4 Å². The van der Waals surface area contributed by atoms with Crippen LogP contribution in [-0.4, -0.2) is 6.61 Å². The third-order valence-electron chi connectivity index (χ3n) is 2.93. The third kappa shape index (κ3) is 3.94. The quantitative estimate of drug-likeness (QED) is 0.800. The highest BCUT2D eigenvalue weighted by atomic mass is 32.2. The SMILES string of the molecule is CCCOc1cc(N)cc(Sc2ccc(C)cc2C)c1. The van der Waals surface area contributed by atoms with Gasteiger partial charge in [-0.1, -0.05) is 36.4 Å². The Morgan fingerprint density at radius 3 is 2.60 bits per heavy atom. The Hall–Kier alpha value is -1.61. The topological polar surface area (TPSA) is 35.2 Å². The fraction of sp³-hybridized carbons (Fsp3) is 0.294. The van der Waals surface area contributed by atoms with Crippen molar-refractivity contribution in [3.63, 3.8) is 0 Å². The summed E-state index contributed by atoms with van der Waals surface area (Å²) in [4.78, 5) is 2.37. The summed E-state index contributed by atoms with van der Waals surface area (Å²) >= 11 is 1.72. The zero-order valence-corrected chi connectivity index (χ0v) is 13.1. The molecule has 0 unspecified atom stereocenters. The predicted molar refractivity (Wildman–Crippen MR) is 86.7 cm³/mol. The maximum atomic E-state index is 5.95. The molecule has 106 valence electrons. The number of hydrogen-bond acceptors (Lipinski definition) is 3.